The Hall–Kier alpha value is -3.09. The first-order valence-corrected chi connectivity index (χ1v) is 9.79. The molecule has 0 aliphatic carbocycles. The smallest absolute Gasteiger partial charge is 0.201 e. The molecule has 0 bridgehead atoms. The number of hydrogen-bond acceptors (Lipinski definition) is 3. The molecule has 1 fully saturated rings. The fraction of sp³-hybridized carbons (Fsp3) is 0.200. The Labute approximate surface area is 178 Å². The zero-order valence-corrected chi connectivity index (χ0v) is 16.9. The van der Waals surface area contributed by atoms with Crippen LogP contribution in [0, 0.1) is 17.5 Å². The summed E-state index contributed by atoms with van der Waals surface area (Å²) < 4.78 is 58.9. The molecular weight excluding hydrogens is 405 g/mol. The first-order chi connectivity index (χ1) is 15.0. The number of benzene rings is 3. The van der Waals surface area contributed by atoms with Crippen LogP contribution in [0.5, 0.6) is 5.75 Å². The van der Waals surface area contributed by atoms with Crippen LogP contribution in [-0.4, -0.2) is 26.6 Å². The molecule has 6 heteroatoms. The fourth-order valence-corrected chi connectivity index (χ4v) is 3.63. The Bertz CT molecular complexity index is 1090. The molecule has 3 aromatic rings. The second-order valence-electron chi connectivity index (χ2n) is 7.22. The second-order valence-corrected chi connectivity index (χ2v) is 7.22. The lowest BCUT2D eigenvalue weighted by Gasteiger charge is -2.28. The average Bonchev–Trinajstić information content (AvgIpc) is 2.81. The van der Waals surface area contributed by atoms with Gasteiger partial charge in [0.1, 0.15) is 5.82 Å². The zero-order chi connectivity index (χ0) is 22.0. The van der Waals surface area contributed by atoms with E-state index in [1.807, 2.05) is 6.07 Å². The van der Waals surface area contributed by atoms with E-state index in [0.29, 0.717) is 29.9 Å². The van der Waals surface area contributed by atoms with Gasteiger partial charge in [-0.3, -0.25) is 0 Å². The molecule has 0 aromatic heterocycles. The van der Waals surface area contributed by atoms with Crippen molar-refractivity contribution in [2.45, 2.75) is 12.2 Å². The summed E-state index contributed by atoms with van der Waals surface area (Å²) >= 11 is 0. The van der Waals surface area contributed by atoms with Crippen LogP contribution in [0.25, 0.3) is 22.3 Å². The van der Waals surface area contributed by atoms with Crippen molar-refractivity contribution in [1.82, 2.24) is 0 Å². The minimum atomic E-state index is -1.03. The largest absolute Gasteiger partial charge is 0.494 e. The van der Waals surface area contributed by atoms with Crippen molar-refractivity contribution < 1.29 is 27.4 Å². The third-order valence-corrected chi connectivity index (χ3v) is 5.35. The molecule has 1 heterocycles. The number of ether oxygens (including phenoxy) is 3. The van der Waals surface area contributed by atoms with Crippen molar-refractivity contribution in [3.05, 3.63) is 90.3 Å². The topological polar surface area (TPSA) is 27.7 Å². The highest BCUT2D eigenvalue weighted by molar-refractivity contribution is 5.71. The molecule has 0 spiro atoms. The minimum Gasteiger partial charge on any atom is -0.494 e. The van der Waals surface area contributed by atoms with Crippen molar-refractivity contribution in [2.75, 3.05) is 20.3 Å². The van der Waals surface area contributed by atoms with Crippen LogP contribution in [0.4, 0.5) is 13.2 Å². The van der Waals surface area contributed by atoms with E-state index in [9.17, 15) is 13.2 Å². The van der Waals surface area contributed by atoms with Gasteiger partial charge in [0, 0.05) is 11.5 Å². The molecular formula is C25H21F3O3. The van der Waals surface area contributed by atoms with Crippen molar-refractivity contribution in [1.29, 1.82) is 0 Å². The van der Waals surface area contributed by atoms with E-state index < -0.39 is 17.9 Å². The van der Waals surface area contributed by atoms with E-state index in [1.165, 1.54) is 25.3 Å². The maximum Gasteiger partial charge on any atom is 0.201 e. The van der Waals surface area contributed by atoms with Gasteiger partial charge in [0.15, 0.2) is 17.9 Å². The lowest BCUT2D eigenvalue weighted by Crippen LogP contribution is -2.29. The van der Waals surface area contributed by atoms with Crippen LogP contribution >= 0.6 is 0 Å². The monoisotopic (exact) mass is 426 g/mol. The Morgan fingerprint density at radius 2 is 1.52 bits per heavy atom. The summed E-state index contributed by atoms with van der Waals surface area (Å²) in [7, 11) is 1.28. The third kappa shape index (κ3) is 4.22. The molecule has 3 nitrogen and oxygen atoms in total. The summed E-state index contributed by atoms with van der Waals surface area (Å²) in [6.45, 7) is 4.32. The highest BCUT2D eigenvalue weighted by Gasteiger charge is 2.24. The molecule has 0 atom stereocenters. The maximum absolute atomic E-state index is 14.8. The van der Waals surface area contributed by atoms with Crippen LogP contribution in [0.3, 0.4) is 0 Å². The van der Waals surface area contributed by atoms with Crippen LogP contribution in [0.15, 0.2) is 67.3 Å². The second kappa shape index (κ2) is 8.96. The quantitative estimate of drug-likeness (QED) is 0.462. The van der Waals surface area contributed by atoms with E-state index in [4.69, 9.17) is 14.2 Å². The van der Waals surface area contributed by atoms with Gasteiger partial charge in [-0.2, -0.15) is 4.39 Å². The first kappa shape index (κ1) is 21.2. The summed E-state index contributed by atoms with van der Waals surface area (Å²) in [5.41, 5.74) is 2.59. The molecule has 0 amide bonds. The normalized spacial score (nSPS) is 18.6. The van der Waals surface area contributed by atoms with Gasteiger partial charge in [0.05, 0.1) is 20.3 Å². The number of hydrogen-bond donors (Lipinski definition) is 0. The molecule has 1 saturated heterocycles. The van der Waals surface area contributed by atoms with Gasteiger partial charge in [-0.1, -0.05) is 43.0 Å². The number of methoxy groups -OCH3 is 1. The van der Waals surface area contributed by atoms with Gasteiger partial charge in [0.2, 0.25) is 5.82 Å². The summed E-state index contributed by atoms with van der Waals surface area (Å²) in [4.78, 5) is 0. The van der Waals surface area contributed by atoms with Crippen LogP contribution in [0.1, 0.15) is 11.5 Å². The molecule has 160 valence electrons. The van der Waals surface area contributed by atoms with E-state index in [0.717, 1.165) is 5.56 Å². The van der Waals surface area contributed by atoms with Crippen LogP contribution in [0.2, 0.25) is 0 Å². The van der Waals surface area contributed by atoms with Crippen LogP contribution < -0.4 is 4.74 Å². The molecule has 1 aliphatic rings. The molecule has 0 saturated carbocycles. The lowest BCUT2D eigenvalue weighted by molar-refractivity contribution is -0.159. The van der Waals surface area contributed by atoms with Gasteiger partial charge in [0.25, 0.3) is 0 Å². The minimum absolute atomic E-state index is 0.126. The predicted octanol–water partition coefficient (Wildman–Crippen LogP) is 6.09. The standard InChI is InChI=1S/C25H21F3O3/c1-3-23-30-13-18(14-31-23)19-9-8-17(12-21(19)26)15-4-6-16(7-5-15)20-10-11-22(29-2)25(28)24(20)27/h3-12,18,23H,1,13-14H2,2H3. The van der Waals surface area contributed by atoms with Crippen LogP contribution in [-0.2, 0) is 9.47 Å². The fourth-order valence-electron chi connectivity index (χ4n) is 3.63. The number of halogens is 3. The average molecular weight is 426 g/mol. The highest BCUT2D eigenvalue weighted by Crippen LogP contribution is 2.32. The highest BCUT2D eigenvalue weighted by atomic mass is 19.2. The van der Waals surface area contributed by atoms with Gasteiger partial charge in [-0.05, 0) is 46.5 Å². The van der Waals surface area contributed by atoms with Crippen molar-refractivity contribution >= 4 is 0 Å². The van der Waals surface area contributed by atoms with Crippen molar-refractivity contribution in [3.8, 4) is 28.0 Å². The van der Waals surface area contributed by atoms with E-state index >= 15 is 0 Å². The Morgan fingerprint density at radius 3 is 2.13 bits per heavy atom. The SMILES string of the molecule is C=CC1OCC(c2ccc(-c3ccc(-c4ccc(OC)c(F)c4F)cc3)cc2F)CO1. The summed E-state index contributed by atoms with van der Waals surface area (Å²) in [6, 6.07) is 14.7. The van der Waals surface area contributed by atoms with E-state index in [2.05, 4.69) is 6.58 Å². The summed E-state index contributed by atoms with van der Waals surface area (Å²) in [5.74, 6) is -2.70. The summed E-state index contributed by atoms with van der Waals surface area (Å²) in [6.07, 6.45) is 1.10. The molecule has 31 heavy (non-hydrogen) atoms. The van der Waals surface area contributed by atoms with E-state index in [1.54, 1.807) is 36.4 Å². The molecule has 0 radical (unpaired) electrons. The molecule has 0 unspecified atom stereocenters. The van der Waals surface area contributed by atoms with Crippen molar-refractivity contribution in [2.24, 2.45) is 0 Å². The zero-order valence-electron chi connectivity index (χ0n) is 16.9. The van der Waals surface area contributed by atoms with Gasteiger partial charge in [-0.25, -0.2) is 8.78 Å². The lowest BCUT2D eigenvalue weighted by atomic mass is 9.95. The van der Waals surface area contributed by atoms with Crippen molar-refractivity contribution in [3.63, 3.8) is 0 Å². The molecule has 0 N–H and O–H groups in total. The molecule has 3 aromatic carbocycles. The summed E-state index contributed by atoms with van der Waals surface area (Å²) in [5, 5.41) is 0. The number of rotatable bonds is 5. The first-order valence-electron chi connectivity index (χ1n) is 9.79. The predicted molar refractivity (Wildman–Crippen MR) is 112 cm³/mol. The Balaban J connectivity index is 1.55. The Kier molecular flexibility index (Phi) is 6.11. The van der Waals surface area contributed by atoms with E-state index in [-0.39, 0.29) is 23.0 Å². The molecule has 1 aliphatic heterocycles. The molecule has 4 rings (SSSR count). The van der Waals surface area contributed by atoms with Gasteiger partial charge >= 0.3 is 0 Å². The van der Waals surface area contributed by atoms with Gasteiger partial charge in [-0.15, -0.1) is 0 Å². The Morgan fingerprint density at radius 1 is 0.871 bits per heavy atom. The third-order valence-electron chi connectivity index (χ3n) is 5.35. The maximum atomic E-state index is 14.8. The van der Waals surface area contributed by atoms with Gasteiger partial charge < -0.3 is 14.2 Å².